The highest BCUT2D eigenvalue weighted by atomic mass is 16.4. The Kier molecular flexibility index (Phi) is 6.74. The Hall–Kier alpha value is -2.22. The fourth-order valence-corrected chi connectivity index (χ4v) is 9.44. The van der Waals surface area contributed by atoms with Gasteiger partial charge in [-0.3, -0.25) is 28.8 Å². The summed E-state index contributed by atoms with van der Waals surface area (Å²) < 4.78 is 0. The average Bonchev–Trinajstić information content (AvgIpc) is 3.03. The molecule has 2 N–H and O–H groups in total. The lowest BCUT2D eigenvalue weighted by Crippen LogP contribution is -2.71. The topological polar surface area (TPSA) is 143 Å². The molecule has 10 atom stereocenters. The lowest BCUT2D eigenvalue weighted by atomic mass is 9.37. The molecule has 0 aliphatic heterocycles. The molecule has 0 aromatic carbocycles. The molecule has 4 rings (SSSR count). The third-order valence-electron chi connectivity index (χ3n) is 11.9. The molecule has 9 unspecified atom stereocenters. The first-order chi connectivity index (χ1) is 17.4. The Bertz CT molecular complexity index is 1120. The van der Waals surface area contributed by atoms with E-state index in [1.807, 2.05) is 20.8 Å². The van der Waals surface area contributed by atoms with Crippen molar-refractivity contribution in [2.45, 2.75) is 93.1 Å². The number of ketones is 5. The van der Waals surface area contributed by atoms with Gasteiger partial charge in [0.2, 0.25) is 11.6 Å². The maximum atomic E-state index is 14.1. The lowest BCUT2D eigenvalue weighted by molar-refractivity contribution is -0.210. The number of fused-ring (bicyclic) bond motifs is 5. The molecular formula is C30H42O8. The quantitative estimate of drug-likeness (QED) is 0.497. The van der Waals surface area contributed by atoms with Crippen LogP contribution in [0.25, 0.3) is 0 Å². The second kappa shape index (κ2) is 8.90. The predicted octanol–water partition coefficient (Wildman–Crippen LogP) is 3.45. The van der Waals surface area contributed by atoms with Crippen LogP contribution < -0.4 is 0 Å². The van der Waals surface area contributed by atoms with Crippen LogP contribution in [0.5, 0.6) is 0 Å². The smallest absolute Gasteiger partial charge is 0.306 e. The Balaban J connectivity index is 1.74. The van der Waals surface area contributed by atoms with Gasteiger partial charge in [-0.1, -0.05) is 48.5 Å². The number of aliphatic carboxylic acids is 1. The number of carboxylic acids is 1. The summed E-state index contributed by atoms with van der Waals surface area (Å²) in [4.78, 5) is 78.9. The van der Waals surface area contributed by atoms with E-state index in [2.05, 4.69) is 0 Å². The predicted molar refractivity (Wildman–Crippen MR) is 137 cm³/mol. The van der Waals surface area contributed by atoms with Gasteiger partial charge in [0.1, 0.15) is 17.3 Å². The first-order valence-corrected chi connectivity index (χ1v) is 13.9. The molecule has 0 saturated heterocycles. The zero-order valence-corrected chi connectivity index (χ0v) is 23.6. The van der Waals surface area contributed by atoms with Crippen LogP contribution in [-0.2, 0) is 28.8 Å². The summed E-state index contributed by atoms with van der Waals surface area (Å²) in [6.07, 6.45) is -0.129. The molecule has 0 spiro atoms. The number of Topliss-reactive ketones (excluding diaryl/α,β-unsaturated/α-hetero) is 5. The van der Waals surface area contributed by atoms with E-state index in [1.54, 1.807) is 20.8 Å². The van der Waals surface area contributed by atoms with Gasteiger partial charge in [0.05, 0.1) is 17.4 Å². The number of carbonyl (C=O) groups excluding carboxylic acids is 5. The maximum absolute atomic E-state index is 14.1. The number of hydrogen-bond donors (Lipinski definition) is 2. The van der Waals surface area contributed by atoms with Crippen LogP contribution in [0, 0.1) is 57.2 Å². The highest BCUT2D eigenvalue weighted by molar-refractivity contribution is 6.42. The number of aliphatic hydroxyl groups is 1. The molecule has 0 radical (unpaired) electrons. The molecule has 0 amide bonds. The number of rotatable bonds is 6. The third kappa shape index (κ3) is 3.57. The van der Waals surface area contributed by atoms with Crippen LogP contribution >= 0.6 is 0 Å². The molecule has 4 aliphatic carbocycles. The van der Waals surface area contributed by atoms with Crippen molar-refractivity contribution in [3.8, 4) is 0 Å². The van der Waals surface area contributed by atoms with Gasteiger partial charge < -0.3 is 10.2 Å². The van der Waals surface area contributed by atoms with Crippen molar-refractivity contribution in [1.82, 2.24) is 0 Å². The van der Waals surface area contributed by atoms with E-state index in [4.69, 9.17) is 5.11 Å². The van der Waals surface area contributed by atoms with Crippen molar-refractivity contribution in [3.05, 3.63) is 0 Å². The van der Waals surface area contributed by atoms with Gasteiger partial charge in [-0.25, -0.2) is 0 Å². The van der Waals surface area contributed by atoms with Gasteiger partial charge in [0.15, 0.2) is 0 Å². The monoisotopic (exact) mass is 530 g/mol. The minimum Gasteiger partial charge on any atom is -0.481 e. The zero-order chi connectivity index (χ0) is 28.7. The van der Waals surface area contributed by atoms with Crippen molar-refractivity contribution in [3.63, 3.8) is 0 Å². The van der Waals surface area contributed by atoms with Gasteiger partial charge in [-0.2, -0.15) is 0 Å². The summed E-state index contributed by atoms with van der Waals surface area (Å²) >= 11 is 0. The first kappa shape index (κ1) is 28.8. The SMILES string of the molecule is CC(CC(=O)CC(C)C1CC(=O)[C@]2(C)C3C(O)CC4C(C)(C)C(=O)CCC4(C)C3C(=O)C(=O)C12C)C(=O)O. The number of carbonyl (C=O) groups is 6. The van der Waals surface area contributed by atoms with Crippen molar-refractivity contribution in [2.24, 2.45) is 57.2 Å². The summed E-state index contributed by atoms with van der Waals surface area (Å²) in [6.45, 7) is 12.3. The molecule has 0 aromatic rings. The normalized spacial score (nSPS) is 43.6. The van der Waals surface area contributed by atoms with Crippen LogP contribution in [0.2, 0.25) is 0 Å². The Morgan fingerprint density at radius 2 is 1.55 bits per heavy atom. The van der Waals surface area contributed by atoms with Crippen molar-refractivity contribution in [1.29, 1.82) is 0 Å². The summed E-state index contributed by atoms with van der Waals surface area (Å²) in [7, 11) is 0. The summed E-state index contributed by atoms with van der Waals surface area (Å²) in [5.74, 6) is -6.34. The average molecular weight is 531 g/mol. The van der Waals surface area contributed by atoms with E-state index in [0.717, 1.165) is 0 Å². The van der Waals surface area contributed by atoms with Gasteiger partial charge in [0.25, 0.3) is 0 Å². The molecule has 0 bridgehead atoms. The van der Waals surface area contributed by atoms with E-state index >= 15 is 0 Å². The zero-order valence-electron chi connectivity index (χ0n) is 23.6. The van der Waals surface area contributed by atoms with E-state index < -0.39 is 74.9 Å². The van der Waals surface area contributed by atoms with E-state index in [9.17, 15) is 33.9 Å². The van der Waals surface area contributed by atoms with Crippen molar-refractivity contribution in [2.75, 3.05) is 0 Å². The van der Waals surface area contributed by atoms with Gasteiger partial charge in [-0.05, 0) is 36.0 Å². The first-order valence-electron chi connectivity index (χ1n) is 13.9. The van der Waals surface area contributed by atoms with E-state index in [1.165, 1.54) is 6.92 Å². The van der Waals surface area contributed by atoms with Crippen LogP contribution in [0.4, 0.5) is 0 Å². The minimum atomic E-state index is -1.38. The van der Waals surface area contributed by atoms with Gasteiger partial charge in [0, 0.05) is 48.3 Å². The molecule has 8 heteroatoms. The molecule has 4 aliphatic rings. The molecular weight excluding hydrogens is 488 g/mol. The molecule has 38 heavy (non-hydrogen) atoms. The Morgan fingerprint density at radius 3 is 2.13 bits per heavy atom. The lowest BCUT2D eigenvalue weighted by Gasteiger charge is -2.65. The highest BCUT2D eigenvalue weighted by Crippen LogP contribution is 2.71. The Labute approximate surface area is 224 Å². The fraction of sp³-hybridized carbons (Fsp3) is 0.800. The largest absolute Gasteiger partial charge is 0.481 e. The fourth-order valence-electron chi connectivity index (χ4n) is 9.44. The van der Waals surface area contributed by atoms with Gasteiger partial charge >= 0.3 is 5.97 Å². The maximum Gasteiger partial charge on any atom is 0.306 e. The van der Waals surface area contributed by atoms with Crippen LogP contribution in [-0.4, -0.2) is 51.2 Å². The summed E-state index contributed by atoms with van der Waals surface area (Å²) in [6, 6.07) is 0. The third-order valence-corrected chi connectivity index (χ3v) is 11.9. The molecule has 8 nitrogen and oxygen atoms in total. The van der Waals surface area contributed by atoms with Crippen molar-refractivity contribution >= 4 is 34.9 Å². The number of hydrogen-bond acceptors (Lipinski definition) is 7. The van der Waals surface area contributed by atoms with E-state index in [-0.39, 0.29) is 49.0 Å². The van der Waals surface area contributed by atoms with Gasteiger partial charge in [-0.15, -0.1) is 0 Å². The summed E-state index contributed by atoms with van der Waals surface area (Å²) in [5, 5.41) is 20.8. The Morgan fingerprint density at radius 1 is 0.947 bits per heavy atom. The molecule has 0 aromatic heterocycles. The summed E-state index contributed by atoms with van der Waals surface area (Å²) in [5.41, 5.74) is -4.14. The van der Waals surface area contributed by atoms with Crippen LogP contribution in [0.3, 0.4) is 0 Å². The molecule has 4 fully saturated rings. The second-order valence-electron chi connectivity index (χ2n) is 14.0. The van der Waals surface area contributed by atoms with E-state index in [0.29, 0.717) is 12.8 Å². The molecule has 4 saturated carbocycles. The minimum absolute atomic E-state index is 0.00937. The number of aliphatic hydroxyl groups excluding tert-OH is 1. The second-order valence-corrected chi connectivity index (χ2v) is 14.0. The standard InChI is InChI=1S/C30H42O8/c1-14(10-16(31)11-15(2)26(37)38)17-12-21(34)30(7)22-18(32)13-19-27(3,4)20(33)8-9-28(19,5)23(22)24(35)25(36)29(17,30)6/h14-15,17-19,22-23,32H,8-13H2,1-7H3,(H,37,38)/t14?,15?,17?,18?,19?,22?,23?,28?,29?,30-/m1/s1. The number of carboxylic acid groups (broad SMARTS) is 1. The molecule has 210 valence electrons. The molecule has 0 heterocycles. The van der Waals surface area contributed by atoms with Crippen LogP contribution in [0.15, 0.2) is 0 Å². The van der Waals surface area contributed by atoms with Crippen molar-refractivity contribution < 1.29 is 39.0 Å². The highest BCUT2D eigenvalue weighted by Gasteiger charge is 2.77. The van der Waals surface area contributed by atoms with Crippen LogP contribution in [0.1, 0.15) is 87.0 Å².